The molecule has 0 unspecified atom stereocenters. The molecule has 1 aliphatic heterocycles. The molecule has 0 aliphatic carbocycles. The molecule has 2 aromatic rings. The van der Waals surface area contributed by atoms with Crippen LogP contribution in [0.5, 0.6) is 0 Å². The number of carbonyl (C=O) groups excluding carboxylic acids is 1. The number of aromatic nitrogens is 2. The van der Waals surface area contributed by atoms with Gasteiger partial charge in [-0.25, -0.2) is 4.98 Å². The number of benzene rings is 1. The highest BCUT2D eigenvalue weighted by Crippen LogP contribution is 2.20. The van der Waals surface area contributed by atoms with Gasteiger partial charge in [0.05, 0.1) is 6.20 Å². The van der Waals surface area contributed by atoms with Crippen LogP contribution in [0.3, 0.4) is 0 Å². The van der Waals surface area contributed by atoms with Crippen LogP contribution in [-0.2, 0) is 7.05 Å². The minimum absolute atomic E-state index is 0.0463. The fourth-order valence-corrected chi connectivity index (χ4v) is 3.57. The number of halogens is 1. The van der Waals surface area contributed by atoms with Crippen LogP contribution in [0.4, 0.5) is 5.95 Å². The molecule has 1 aromatic carbocycles. The number of likely N-dealkylation sites (tertiary alicyclic amines) is 1. The lowest BCUT2D eigenvalue weighted by Crippen LogP contribution is -2.40. The Labute approximate surface area is 160 Å². The molecule has 0 spiro atoms. The van der Waals surface area contributed by atoms with Gasteiger partial charge in [-0.1, -0.05) is 11.6 Å². The Morgan fingerprint density at radius 3 is 2.54 bits per heavy atom. The van der Waals surface area contributed by atoms with E-state index in [1.807, 2.05) is 11.6 Å². The molecule has 1 aromatic heterocycles. The van der Waals surface area contributed by atoms with E-state index in [4.69, 9.17) is 11.6 Å². The first-order chi connectivity index (χ1) is 12.5. The predicted octanol–water partition coefficient (Wildman–Crippen LogP) is 3.84. The molecule has 140 valence electrons. The zero-order valence-corrected chi connectivity index (χ0v) is 16.5. The van der Waals surface area contributed by atoms with E-state index in [0.29, 0.717) is 28.2 Å². The molecular formula is C20H27ClN4O. The Hall–Kier alpha value is -1.85. The van der Waals surface area contributed by atoms with Gasteiger partial charge in [0.15, 0.2) is 0 Å². The molecule has 1 fully saturated rings. The number of nitrogens with one attached hydrogen (secondary N) is 1. The molecule has 1 saturated heterocycles. The van der Waals surface area contributed by atoms with E-state index in [0.717, 1.165) is 25.6 Å². The summed E-state index contributed by atoms with van der Waals surface area (Å²) < 4.78 is 1.83. The molecule has 2 heterocycles. The quantitative estimate of drug-likeness (QED) is 0.780. The summed E-state index contributed by atoms with van der Waals surface area (Å²) >= 11 is 5.90. The lowest BCUT2D eigenvalue weighted by molar-refractivity contribution is 0.103. The molecule has 1 aliphatic rings. The van der Waals surface area contributed by atoms with E-state index in [2.05, 4.69) is 29.0 Å². The lowest BCUT2D eigenvalue weighted by atomic mass is 9.96. The van der Waals surface area contributed by atoms with E-state index >= 15 is 0 Å². The maximum atomic E-state index is 12.7. The van der Waals surface area contributed by atoms with Crippen molar-refractivity contribution in [2.75, 3.05) is 25.0 Å². The molecular weight excluding hydrogens is 348 g/mol. The number of imidazole rings is 1. The van der Waals surface area contributed by atoms with E-state index < -0.39 is 0 Å². The average Bonchev–Trinajstić information content (AvgIpc) is 3.01. The van der Waals surface area contributed by atoms with E-state index in [-0.39, 0.29) is 5.78 Å². The van der Waals surface area contributed by atoms with Gasteiger partial charge in [-0.3, -0.25) is 4.79 Å². The van der Waals surface area contributed by atoms with Gasteiger partial charge in [0, 0.05) is 30.2 Å². The summed E-state index contributed by atoms with van der Waals surface area (Å²) in [5.74, 6) is 1.35. The van der Waals surface area contributed by atoms with Gasteiger partial charge in [-0.15, -0.1) is 0 Å². The summed E-state index contributed by atoms with van der Waals surface area (Å²) in [5.41, 5.74) is 1.19. The number of nitrogens with zero attached hydrogens (tertiary/aromatic N) is 3. The number of anilines is 1. The zero-order valence-electron chi connectivity index (χ0n) is 15.7. The van der Waals surface area contributed by atoms with Gasteiger partial charge in [-0.05, 0) is 70.0 Å². The molecule has 0 saturated carbocycles. The van der Waals surface area contributed by atoms with Gasteiger partial charge < -0.3 is 14.8 Å². The minimum Gasteiger partial charge on any atom is -0.355 e. The Bertz CT molecular complexity index is 746. The maximum absolute atomic E-state index is 12.7. The molecule has 5 nitrogen and oxygen atoms in total. The number of hydrogen-bond acceptors (Lipinski definition) is 4. The largest absolute Gasteiger partial charge is 0.355 e. The Balaban J connectivity index is 1.59. The predicted molar refractivity (Wildman–Crippen MR) is 106 cm³/mol. The van der Waals surface area contributed by atoms with Crippen molar-refractivity contribution >= 4 is 23.3 Å². The fourth-order valence-electron chi connectivity index (χ4n) is 3.44. The van der Waals surface area contributed by atoms with Crippen molar-refractivity contribution in [1.82, 2.24) is 14.5 Å². The van der Waals surface area contributed by atoms with Crippen LogP contribution < -0.4 is 5.32 Å². The summed E-state index contributed by atoms with van der Waals surface area (Å²) in [5, 5.41) is 4.05. The number of hydrogen-bond donors (Lipinski definition) is 1. The van der Waals surface area contributed by atoms with Gasteiger partial charge in [0.1, 0.15) is 5.69 Å². The van der Waals surface area contributed by atoms with Crippen molar-refractivity contribution in [2.45, 2.75) is 32.7 Å². The zero-order chi connectivity index (χ0) is 18.7. The normalized spacial score (nSPS) is 16.2. The van der Waals surface area contributed by atoms with Crippen molar-refractivity contribution in [3.8, 4) is 0 Å². The molecule has 0 radical (unpaired) electrons. The van der Waals surface area contributed by atoms with Gasteiger partial charge in [-0.2, -0.15) is 0 Å². The number of ketones is 1. The Morgan fingerprint density at radius 1 is 1.27 bits per heavy atom. The first-order valence-electron chi connectivity index (χ1n) is 9.25. The molecule has 0 amide bonds. The van der Waals surface area contributed by atoms with Crippen LogP contribution in [0, 0.1) is 5.92 Å². The fraction of sp³-hybridized carbons (Fsp3) is 0.500. The second-order valence-electron chi connectivity index (χ2n) is 7.32. The minimum atomic E-state index is -0.0463. The number of rotatable bonds is 6. The molecule has 0 atom stereocenters. The SMILES string of the molecule is CC(C)N1CCC(CNc2ncc(C(=O)c3ccc(Cl)cc3)n2C)CC1. The number of piperidine rings is 1. The third kappa shape index (κ3) is 4.27. The van der Waals surface area contributed by atoms with Crippen molar-refractivity contribution in [3.63, 3.8) is 0 Å². The summed E-state index contributed by atoms with van der Waals surface area (Å²) in [7, 11) is 1.87. The van der Waals surface area contributed by atoms with Crippen molar-refractivity contribution in [3.05, 3.63) is 46.7 Å². The van der Waals surface area contributed by atoms with Crippen molar-refractivity contribution in [1.29, 1.82) is 0 Å². The third-order valence-corrected chi connectivity index (χ3v) is 5.51. The van der Waals surface area contributed by atoms with Crippen LogP contribution in [0.1, 0.15) is 42.7 Å². The summed E-state index contributed by atoms with van der Waals surface area (Å²) in [6.07, 6.45) is 4.04. The van der Waals surface area contributed by atoms with E-state index in [1.54, 1.807) is 30.5 Å². The Morgan fingerprint density at radius 2 is 1.92 bits per heavy atom. The second-order valence-corrected chi connectivity index (χ2v) is 7.75. The van der Waals surface area contributed by atoms with E-state index in [1.165, 1.54) is 12.8 Å². The molecule has 26 heavy (non-hydrogen) atoms. The second kappa shape index (κ2) is 8.23. The van der Waals surface area contributed by atoms with Crippen molar-refractivity contribution in [2.24, 2.45) is 13.0 Å². The van der Waals surface area contributed by atoms with E-state index in [9.17, 15) is 4.79 Å². The summed E-state index contributed by atoms with van der Waals surface area (Å²) in [4.78, 5) is 19.6. The standard InChI is InChI=1S/C20H27ClN4O/c1-14(2)25-10-8-15(9-11-25)12-22-20-23-13-18(24(20)3)19(26)16-4-6-17(21)7-5-16/h4-7,13-15H,8-12H2,1-3H3,(H,22,23). The highest BCUT2D eigenvalue weighted by atomic mass is 35.5. The maximum Gasteiger partial charge on any atom is 0.211 e. The summed E-state index contributed by atoms with van der Waals surface area (Å²) in [6, 6.07) is 7.57. The van der Waals surface area contributed by atoms with Crippen LogP contribution in [-0.4, -0.2) is 45.9 Å². The third-order valence-electron chi connectivity index (χ3n) is 5.26. The Kier molecular flexibility index (Phi) is 5.99. The monoisotopic (exact) mass is 374 g/mol. The lowest BCUT2D eigenvalue weighted by Gasteiger charge is -2.34. The summed E-state index contributed by atoms with van der Waals surface area (Å²) in [6.45, 7) is 7.72. The van der Waals surface area contributed by atoms with Crippen LogP contribution in [0.15, 0.2) is 30.5 Å². The van der Waals surface area contributed by atoms with Crippen LogP contribution in [0.2, 0.25) is 5.02 Å². The van der Waals surface area contributed by atoms with Crippen molar-refractivity contribution < 1.29 is 4.79 Å². The molecule has 3 rings (SSSR count). The molecule has 0 bridgehead atoms. The highest BCUT2D eigenvalue weighted by Gasteiger charge is 2.21. The van der Waals surface area contributed by atoms with Crippen LogP contribution >= 0.6 is 11.6 Å². The number of carbonyl (C=O) groups is 1. The average molecular weight is 375 g/mol. The highest BCUT2D eigenvalue weighted by molar-refractivity contribution is 6.30. The smallest absolute Gasteiger partial charge is 0.211 e. The van der Waals surface area contributed by atoms with Crippen LogP contribution in [0.25, 0.3) is 0 Å². The first kappa shape index (κ1) is 18.9. The molecule has 6 heteroatoms. The van der Waals surface area contributed by atoms with Gasteiger partial charge in [0.2, 0.25) is 11.7 Å². The van der Waals surface area contributed by atoms with Gasteiger partial charge >= 0.3 is 0 Å². The molecule has 1 N–H and O–H groups in total. The topological polar surface area (TPSA) is 50.2 Å². The van der Waals surface area contributed by atoms with Gasteiger partial charge in [0.25, 0.3) is 0 Å². The first-order valence-corrected chi connectivity index (χ1v) is 9.63.